The molecule has 0 nitrogen and oxygen atoms in total. The monoisotopic (exact) mass is 362 g/mol. The number of rotatable bonds is 4. The highest BCUT2D eigenvalue weighted by Gasteiger charge is 2.36. The lowest BCUT2D eigenvalue weighted by Gasteiger charge is -2.43. The molecule has 0 aliphatic heterocycles. The Morgan fingerprint density at radius 2 is 0.957 bits per heavy atom. The van der Waals surface area contributed by atoms with Gasteiger partial charge in [0.05, 0.1) is 0 Å². The molecule has 2 rings (SSSR count). The highest BCUT2D eigenvalue weighted by Crippen LogP contribution is 2.81. The summed E-state index contributed by atoms with van der Waals surface area (Å²) >= 11 is 0. The zero-order valence-corrected chi connectivity index (χ0v) is 18.0. The van der Waals surface area contributed by atoms with Gasteiger partial charge in [0, 0.05) is 0 Å². The van der Waals surface area contributed by atoms with Gasteiger partial charge in [-0.15, -0.1) is 0 Å². The second-order valence-electron chi connectivity index (χ2n) is 7.78. The smallest absolute Gasteiger partial charge is 0.0135 e. The molecule has 0 aliphatic carbocycles. The van der Waals surface area contributed by atoms with Crippen LogP contribution >= 0.6 is 23.2 Å². The minimum absolute atomic E-state index is 0.0728. The maximum atomic E-state index is 2.43. The van der Waals surface area contributed by atoms with E-state index in [4.69, 9.17) is 0 Å². The van der Waals surface area contributed by atoms with Gasteiger partial charge in [0.15, 0.2) is 0 Å². The number of hydrogen-bond donors (Lipinski definition) is 0. The van der Waals surface area contributed by atoms with Crippen LogP contribution in [0, 0.1) is 0 Å². The maximum Gasteiger partial charge on any atom is -0.0135 e. The van der Waals surface area contributed by atoms with Crippen molar-refractivity contribution in [2.45, 2.75) is 51.9 Å². The summed E-state index contributed by atoms with van der Waals surface area (Å²) < 4.78 is 0. The van der Waals surface area contributed by atoms with E-state index in [1.54, 1.807) is 0 Å². The van der Waals surface area contributed by atoms with Crippen LogP contribution in [0.4, 0.5) is 0 Å². The van der Waals surface area contributed by atoms with Crippen LogP contribution in [0.5, 0.6) is 0 Å². The third-order valence-corrected chi connectivity index (χ3v) is 18.7. The van der Waals surface area contributed by atoms with Crippen LogP contribution in [0.1, 0.15) is 41.5 Å². The predicted molar refractivity (Wildman–Crippen MR) is 114 cm³/mol. The first-order valence-corrected chi connectivity index (χ1v) is 13.5. The molecule has 1 atom stereocenters. The van der Waals surface area contributed by atoms with E-state index < -0.39 is 0 Å². The molecule has 0 bridgehead atoms. The van der Waals surface area contributed by atoms with Crippen molar-refractivity contribution in [3.05, 3.63) is 60.7 Å². The van der Waals surface area contributed by atoms with Crippen LogP contribution in [0.3, 0.4) is 0 Å². The van der Waals surface area contributed by atoms with Crippen LogP contribution in [0.25, 0.3) is 0 Å². The molecule has 3 heteroatoms. The first-order valence-electron chi connectivity index (χ1n) is 8.16. The lowest BCUT2D eigenvalue weighted by atomic mass is 10.2. The van der Waals surface area contributed by atoms with E-state index in [9.17, 15) is 0 Å². The molecular weight excluding hydrogens is 333 g/mol. The quantitative estimate of drug-likeness (QED) is 0.531. The van der Waals surface area contributed by atoms with E-state index in [0.717, 1.165) is 7.96 Å². The van der Waals surface area contributed by atoms with Crippen molar-refractivity contribution < 1.29 is 0 Å². The summed E-state index contributed by atoms with van der Waals surface area (Å²) in [5, 5.41) is 3.81. The fraction of sp³-hybridized carbons (Fsp3) is 0.400. The molecule has 23 heavy (non-hydrogen) atoms. The van der Waals surface area contributed by atoms with Crippen molar-refractivity contribution >= 4 is 33.8 Å². The summed E-state index contributed by atoms with van der Waals surface area (Å²) in [6.45, 7) is 14.6. The van der Waals surface area contributed by atoms with E-state index >= 15 is 0 Å². The van der Waals surface area contributed by atoms with Gasteiger partial charge in [0.25, 0.3) is 0 Å². The molecule has 124 valence electrons. The van der Waals surface area contributed by atoms with Gasteiger partial charge in [-0.3, -0.25) is 0 Å². The fourth-order valence-electron chi connectivity index (χ4n) is 2.82. The first-order chi connectivity index (χ1) is 10.7. The summed E-state index contributed by atoms with van der Waals surface area (Å²) in [5.74, 6) is 0. The molecule has 0 saturated heterocycles. The minimum atomic E-state index is -0.262. The molecule has 0 spiro atoms. The van der Waals surface area contributed by atoms with Gasteiger partial charge in [0.2, 0.25) is 0 Å². The normalized spacial score (nSPS) is 13.4. The Bertz CT molecular complexity index is 541. The number of benzene rings is 2. The van der Waals surface area contributed by atoms with Gasteiger partial charge < -0.3 is 0 Å². The Morgan fingerprint density at radius 1 is 0.609 bits per heavy atom. The van der Waals surface area contributed by atoms with E-state index in [2.05, 4.69) is 102 Å². The third kappa shape index (κ3) is 5.36. The molecular formula is C20H29P3. The lowest BCUT2D eigenvalue weighted by molar-refractivity contribution is 0.720. The summed E-state index contributed by atoms with van der Waals surface area (Å²) in [6, 6.07) is 22.3. The van der Waals surface area contributed by atoms with Crippen LogP contribution < -0.4 is 10.6 Å². The Kier molecular flexibility index (Phi) is 6.42. The molecule has 0 amide bonds. The van der Waals surface area contributed by atoms with Crippen molar-refractivity contribution in [3.8, 4) is 0 Å². The minimum Gasteiger partial charge on any atom is -0.0680 e. The van der Waals surface area contributed by atoms with E-state index in [0.29, 0.717) is 10.3 Å². The summed E-state index contributed by atoms with van der Waals surface area (Å²) in [6.07, 6.45) is 0. The predicted octanol–water partition coefficient (Wildman–Crippen LogP) is 6.71. The topological polar surface area (TPSA) is 0 Å². The Balaban J connectivity index is 2.42. The second-order valence-corrected chi connectivity index (χ2v) is 18.1. The fourth-order valence-corrected chi connectivity index (χ4v) is 20.4. The first kappa shape index (κ1) is 19.1. The van der Waals surface area contributed by atoms with Gasteiger partial charge in [-0.1, -0.05) is 118 Å². The zero-order chi connectivity index (χ0) is 17.1. The van der Waals surface area contributed by atoms with Gasteiger partial charge in [0.1, 0.15) is 0 Å². The van der Waals surface area contributed by atoms with Crippen LogP contribution in [-0.2, 0) is 0 Å². The average Bonchev–Trinajstić information content (AvgIpc) is 2.47. The molecule has 1 unspecified atom stereocenters. The molecule has 0 N–H and O–H groups in total. The van der Waals surface area contributed by atoms with Crippen LogP contribution in [-0.4, -0.2) is 10.3 Å². The molecule has 2 aromatic carbocycles. The van der Waals surface area contributed by atoms with E-state index in [1.165, 1.54) is 10.6 Å². The van der Waals surface area contributed by atoms with Crippen LogP contribution in [0.2, 0.25) is 0 Å². The van der Waals surface area contributed by atoms with Crippen molar-refractivity contribution in [1.82, 2.24) is 0 Å². The summed E-state index contributed by atoms with van der Waals surface area (Å²) in [5.41, 5.74) is 0. The molecule has 0 aliphatic rings. The van der Waals surface area contributed by atoms with Gasteiger partial charge in [-0.25, -0.2) is 0 Å². The molecule has 0 heterocycles. The summed E-state index contributed by atoms with van der Waals surface area (Å²) in [4.78, 5) is 0. The third-order valence-electron chi connectivity index (χ3n) is 3.57. The zero-order valence-electron chi connectivity index (χ0n) is 15.2. The lowest BCUT2D eigenvalue weighted by Crippen LogP contribution is -2.23. The Morgan fingerprint density at radius 3 is 1.26 bits per heavy atom. The highest BCUT2D eigenvalue weighted by molar-refractivity contribution is 8.56. The van der Waals surface area contributed by atoms with Crippen molar-refractivity contribution in [2.75, 3.05) is 0 Å². The Hall–Kier alpha value is -0.270. The molecule has 2 aromatic rings. The maximum absolute atomic E-state index is 2.43. The molecule has 0 radical (unpaired) electrons. The van der Waals surface area contributed by atoms with Crippen molar-refractivity contribution in [1.29, 1.82) is 0 Å². The highest BCUT2D eigenvalue weighted by atomic mass is 32.4. The molecule has 0 saturated carbocycles. The SMILES string of the molecule is CC(C)(C)P(PP(c1ccccc1)c1ccccc1)C(C)(C)C. The Labute approximate surface area is 146 Å². The van der Waals surface area contributed by atoms with Crippen molar-refractivity contribution in [3.63, 3.8) is 0 Å². The van der Waals surface area contributed by atoms with Gasteiger partial charge in [-0.05, 0) is 28.5 Å². The standard InChI is InChI=1S/C20H29P3/c1-19(2,3)23(20(4,5)6)21-22(17-13-9-7-10-14-17)18-15-11-8-12-16-18/h7-16,21H,1-6H3. The molecule has 0 aromatic heterocycles. The second kappa shape index (κ2) is 7.74. The van der Waals surface area contributed by atoms with E-state index in [1.807, 2.05) is 0 Å². The van der Waals surface area contributed by atoms with Crippen LogP contribution in [0.15, 0.2) is 60.7 Å². The average molecular weight is 362 g/mol. The molecule has 0 fully saturated rings. The van der Waals surface area contributed by atoms with E-state index in [-0.39, 0.29) is 15.2 Å². The van der Waals surface area contributed by atoms with Gasteiger partial charge in [-0.2, -0.15) is 0 Å². The number of hydrogen-bond acceptors (Lipinski definition) is 0. The summed E-state index contributed by atoms with van der Waals surface area (Å²) in [7, 11) is 0.667. The van der Waals surface area contributed by atoms with Gasteiger partial charge >= 0.3 is 0 Å². The largest absolute Gasteiger partial charge is 0.0680 e. The van der Waals surface area contributed by atoms with Crippen molar-refractivity contribution in [2.24, 2.45) is 0 Å².